The zero-order chi connectivity index (χ0) is 39.1. The van der Waals surface area contributed by atoms with Gasteiger partial charge in [0.2, 0.25) is 5.91 Å². The standard InChI is InChI=1S/C43H49Cl2N5O5/c1-3-4-5-6-7-8-9-10-11-23-36(51)50-27-35(47-40(52)37-33(44)21-16-22-34(37)45)39(48-50)41(53)46-28-24-25-49(42(54)55)43(2,26-28)38-31-19-14-12-17-29(31)30-18-13-15-20-32(30)38/h12-22,27-28,38H,3-11,23-26H2,1-2H3,(H,46,53)(H,47,52)(H,54,55). The van der Waals surface area contributed by atoms with Gasteiger partial charge in [-0.2, -0.15) is 5.10 Å². The fourth-order valence-corrected chi connectivity index (χ4v) is 8.97. The van der Waals surface area contributed by atoms with Gasteiger partial charge in [0.1, 0.15) is 0 Å². The number of nitrogens with zero attached hydrogens (tertiary/aromatic N) is 3. The van der Waals surface area contributed by atoms with E-state index in [1.165, 1.54) is 55.3 Å². The van der Waals surface area contributed by atoms with Gasteiger partial charge in [-0.25, -0.2) is 9.48 Å². The third kappa shape index (κ3) is 8.76. The number of halogens is 2. The predicted octanol–water partition coefficient (Wildman–Crippen LogP) is 10.4. The normalized spacial score (nSPS) is 17.7. The molecule has 2 heterocycles. The second kappa shape index (κ2) is 17.9. The molecule has 1 aromatic heterocycles. The number of piperidine rings is 1. The van der Waals surface area contributed by atoms with Gasteiger partial charge >= 0.3 is 6.09 Å². The smallest absolute Gasteiger partial charge is 0.407 e. The molecule has 3 N–H and O–H groups in total. The van der Waals surface area contributed by atoms with E-state index in [4.69, 9.17) is 23.2 Å². The molecule has 2 atom stereocenters. The molecular weight excluding hydrogens is 737 g/mol. The first kappa shape index (κ1) is 40.0. The van der Waals surface area contributed by atoms with Crippen LogP contribution >= 0.6 is 23.2 Å². The Morgan fingerprint density at radius 3 is 2.00 bits per heavy atom. The molecule has 1 aliphatic heterocycles. The van der Waals surface area contributed by atoms with Crippen molar-refractivity contribution in [1.82, 2.24) is 20.0 Å². The SMILES string of the molecule is CCCCCCCCCCCC(=O)n1cc(NC(=O)c2c(Cl)cccc2Cl)c(C(=O)NC2CCN(C(=O)O)C(C)(C3c4ccccc4-c4ccccc43)C2)n1. The summed E-state index contributed by atoms with van der Waals surface area (Å²) in [7, 11) is 0. The van der Waals surface area contributed by atoms with Gasteiger partial charge in [-0.15, -0.1) is 0 Å². The number of aromatic nitrogens is 2. The van der Waals surface area contributed by atoms with Crippen LogP contribution in [0.5, 0.6) is 0 Å². The van der Waals surface area contributed by atoms with E-state index in [0.29, 0.717) is 19.3 Å². The molecule has 12 heteroatoms. The van der Waals surface area contributed by atoms with E-state index in [-0.39, 0.29) is 51.8 Å². The molecule has 0 saturated carbocycles. The number of carbonyl (C=O) groups is 4. The molecule has 4 aromatic rings. The Morgan fingerprint density at radius 2 is 1.40 bits per heavy atom. The summed E-state index contributed by atoms with van der Waals surface area (Å²) in [5.41, 5.74) is 3.20. The number of hydrogen-bond acceptors (Lipinski definition) is 5. The lowest BCUT2D eigenvalue weighted by molar-refractivity contribution is 0.0356. The number of nitrogens with one attached hydrogen (secondary N) is 2. The number of rotatable bonds is 15. The van der Waals surface area contributed by atoms with Crippen molar-refractivity contribution < 1.29 is 24.3 Å². The van der Waals surface area contributed by atoms with Gasteiger partial charge in [0, 0.05) is 24.9 Å². The fraction of sp³-hybridized carbons (Fsp3) is 0.419. The minimum absolute atomic E-state index is 0.0277. The topological polar surface area (TPSA) is 134 Å². The summed E-state index contributed by atoms with van der Waals surface area (Å²) in [6.07, 6.45) is 11.2. The number of amides is 3. The van der Waals surface area contributed by atoms with E-state index >= 15 is 0 Å². The van der Waals surface area contributed by atoms with E-state index in [0.717, 1.165) is 46.2 Å². The van der Waals surface area contributed by atoms with Gasteiger partial charge in [0.15, 0.2) is 5.69 Å². The van der Waals surface area contributed by atoms with E-state index < -0.39 is 29.5 Å². The first-order valence-corrected chi connectivity index (χ1v) is 20.2. The minimum atomic E-state index is -1.03. The third-order valence-electron chi connectivity index (χ3n) is 11.1. The molecule has 1 fully saturated rings. The summed E-state index contributed by atoms with van der Waals surface area (Å²) in [6, 6.07) is 20.4. The number of unbranched alkanes of at least 4 members (excludes halogenated alkanes) is 8. The number of carboxylic acid groups (broad SMARTS) is 1. The van der Waals surface area contributed by atoms with E-state index in [9.17, 15) is 24.3 Å². The summed E-state index contributed by atoms with van der Waals surface area (Å²) in [4.78, 5) is 55.3. The number of benzene rings is 3. The largest absolute Gasteiger partial charge is 0.465 e. The van der Waals surface area contributed by atoms with Crippen molar-refractivity contribution in [2.75, 3.05) is 11.9 Å². The quantitative estimate of drug-likeness (QED) is 0.103. The van der Waals surface area contributed by atoms with Crippen molar-refractivity contribution in [3.05, 3.63) is 105 Å². The second-order valence-corrected chi connectivity index (χ2v) is 15.7. The zero-order valence-corrected chi connectivity index (χ0v) is 33.0. The van der Waals surface area contributed by atoms with Crippen molar-refractivity contribution in [1.29, 1.82) is 0 Å². The highest BCUT2D eigenvalue weighted by atomic mass is 35.5. The van der Waals surface area contributed by atoms with Crippen molar-refractivity contribution in [2.24, 2.45) is 0 Å². The van der Waals surface area contributed by atoms with Crippen LogP contribution in [-0.4, -0.2) is 61.7 Å². The number of fused-ring (bicyclic) bond motifs is 3. The molecule has 55 heavy (non-hydrogen) atoms. The maximum absolute atomic E-state index is 14.2. The maximum atomic E-state index is 14.2. The van der Waals surface area contributed by atoms with Gasteiger partial charge in [-0.05, 0) is 60.6 Å². The molecule has 1 saturated heterocycles. The minimum Gasteiger partial charge on any atom is -0.465 e. The van der Waals surface area contributed by atoms with Gasteiger partial charge in [0.25, 0.3) is 11.8 Å². The van der Waals surface area contributed by atoms with Crippen LogP contribution in [-0.2, 0) is 0 Å². The van der Waals surface area contributed by atoms with Gasteiger partial charge in [-0.3, -0.25) is 14.4 Å². The van der Waals surface area contributed by atoms with Crippen molar-refractivity contribution in [3.63, 3.8) is 0 Å². The summed E-state index contributed by atoms with van der Waals surface area (Å²) in [5, 5.41) is 20.9. The first-order valence-electron chi connectivity index (χ1n) is 19.4. The van der Waals surface area contributed by atoms with E-state index in [2.05, 4.69) is 34.8 Å². The molecule has 3 amide bonds. The zero-order valence-electron chi connectivity index (χ0n) is 31.5. The Balaban J connectivity index is 1.22. The molecule has 0 spiro atoms. The molecule has 2 unspecified atom stereocenters. The number of carbonyl (C=O) groups excluding carboxylic acids is 3. The lowest BCUT2D eigenvalue weighted by Gasteiger charge is -2.50. The van der Waals surface area contributed by atoms with Crippen LogP contribution in [0.1, 0.15) is 134 Å². The molecule has 6 rings (SSSR count). The molecule has 1 aliphatic carbocycles. The highest BCUT2D eigenvalue weighted by molar-refractivity contribution is 6.40. The Hall–Kier alpha value is -4.67. The Kier molecular flexibility index (Phi) is 13.0. The van der Waals surface area contributed by atoms with Gasteiger partial charge < -0.3 is 20.6 Å². The Bertz CT molecular complexity index is 1980. The van der Waals surface area contributed by atoms with Crippen molar-refractivity contribution in [3.8, 4) is 11.1 Å². The molecule has 2 aliphatic rings. The van der Waals surface area contributed by atoms with Crippen LogP contribution in [0.4, 0.5) is 10.5 Å². The average Bonchev–Trinajstić information content (AvgIpc) is 3.74. The van der Waals surface area contributed by atoms with Crippen LogP contribution in [0.3, 0.4) is 0 Å². The maximum Gasteiger partial charge on any atom is 0.407 e. The highest BCUT2D eigenvalue weighted by Gasteiger charge is 2.51. The predicted molar refractivity (Wildman–Crippen MR) is 216 cm³/mol. The highest BCUT2D eigenvalue weighted by Crippen LogP contribution is 2.53. The molecule has 0 bridgehead atoms. The number of hydrogen-bond donors (Lipinski definition) is 3. The second-order valence-electron chi connectivity index (χ2n) is 14.9. The lowest BCUT2D eigenvalue weighted by Crippen LogP contribution is -2.61. The summed E-state index contributed by atoms with van der Waals surface area (Å²) in [6.45, 7) is 4.34. The van der Waals surface area contributed by atoms with Gasteiger partial charge in [0.05, 0.1) is 33.0 Å². The van der Waals surface area contributed by atoms with Gasteiger partial charge in [-0.1, -0.05) is 136 Å². The molecular formula is C43H49Cl2N5O5. The molecule has 3 aromatic carbocycles. The van der Waals surface area contributed by atoms with Crippen LogP contribution in [0.15, 0.2) is 72.9 Å². The van der Waals surface area contributed by atoms with Crippen LogP contribution < -0.4 is 10.6 Å². The number of likely N-dealkylation sites (tertiary alicyclic amines) is 1. The molecule has 10 nitrogen and oxygen atoms in total. The average molecular weight is 787 g/mol. The number of anilines is 1. The Labute approximate surface area is 332 Å². The van der Waals surface area contributed by atoms with Crippen molar-refractivity contribution in [2.45, 2.75) is 108 Å². The fourth-order valence-electron chi connectivity index (χ4n) is 8.40. The van der Waals surface area contributed by atoms with Crippen LogP contribution in [0, 0.1) is 0 Å². The third-order valence-corrected chi connectivity index (χ3v) is 11.7. The first-order chi connectivity index (χ1) is 26.5. The van der Waals surface area contributed by atoms with Crippen LogP contribution in [0.2, 0.25) is 10.0 Å². The lowest BCUT2D eigenvalue weighted by atomic mass is 9.71. The van der Waals surface area contributed by atoms with Crippen LogP contribution in [0.25, 0.3) is 11.1 Å². The molecule has 0 radical (unpaired) electrons. The summed E-state index contributed by atoms with van der Waals surface area (Å²) in [5.74, 6) is -1.83. The van der Waals surface area contributed by atoms with E-state index in [1.54, 1.807) is 6.07 Å². The monoisotopic (exact) mass is 785 g/mol. The summed E-state index contributed by atoms with van der Waals surface area (Å²) < 4.78 is 1.12. The summed E-state index contributed by atoms with van der Waals surface area (Å²) >= 11 is 12.7. The van der Waals surface area contributed by atoms with Crippen molar-refractivity contribution >= 4 is 52.7 Å². The molecule has 290 valence electrons. The van der Waals surface area contributed by atoms with E-state index in [1.807, 2.05) is 43.3 Å². The Morgan fingerprint density at radius 1 is 0.818 bits per heavy atom.